The third-order valence-corrected chi connectivity index (χ3v) is 2.23. The molecule has 0 bridgehead atoms. The molecule has 92 valence electrons. The van der Waals surface area contributed by atoms with Crippen LogP contribution in [0, 0.1) is 0 Å². The molecule has 1 rings (SSSR count). The standard InChI is InChI=1S/C13H18N2O2/c1-3-5-12(14)13(16)10-7-11(9-15-8-10)17-6-4-2/h3,7-9,12H,1,4-6,14H2,2H3. The summed E-state index contributed by atoms with van der Waals surface area (Å²) in [6, 6.07) is 1.12. The summed E-state index contributed by atoms with van der Waals surface area (Å²) in [5, 5.41) is 0. The Morgan fingerprint density at radius 1 is 1.65 bits per heavy atom. The topological polar surface area (TPSA) is 65.2 Å². The Morgan fingerprint density at radius 2 is 2.41 bits per heavy atom. The number of hydrogen-bond acceptors (Lipinski definition) is 4. The number of nitrogens with two attached hydrogens (primary N) is 1. The van der Waals surface area contributed by atoms with Crippen LogP contribution in [0.5, 0.6) is 5.75 Å². The summed E-state index contributed by atoms with van der Waals surface area (Å²) in [7, 11) is 0. The van der Waals surface area contributed by atoms with Crippen LogP contribution in [0.15, 0.2) is 31.1 Å². The SMILES string of the molecule is C=CCC(N)C(=O)c1cncc(OCCC)c1. The molecule has 0 radical (unpaired) electrons. The molecule has 0 spiro atoms. The van der Waals surface area contributed by atoms with Crippen LogP contribution in [-0.4, -0.2) is 23.4 Å². The summed E-state index contributed by atoms with van der Waals surface area (Å²) in [6.45, 7) is 6.19. The predicted molar refractivity (Wildman–Crippen MR) is 67.1 cm³/mol. The highest BCUT2D eigenvalue weighted by Gasteiger charge is 2.15. The smallest absolute Gasteiger partial charge is 0.181 e. The monoisotopic (exact) mass is 234 g/mol. The number of hydrogen-bond donors (Lipinski definition) is 1. The highest BCUT2D eigenvalue weighted by Crippen LogP contribution is 2.13. The first kappa shape index (κ1) is 13.4. The Labute approximate surface area is 101 Å². The van der Waals surface area contributed by atoms with Crippen LogP contribution < -0.4 is 10.5 Å². The van der Waals surface area contributed by atoms with Crippen LogP contribution in [-0.2, 0) is 0 Å². The van der Waals surface area contributed by atoms with Crippen LogP contribution in [0.1, 0.15) is 30.1 Å². The zero-order valence-electron chi connectivity index (χ0n) is 10.1. The molecule has 0 aliphatic heterocycles. The van der Waals surface area contributed by atoms with E-state index >= 15 is 0 Å². The fraction of sp³-hybridized carbons (Fsp3) is 0.385. The second kappa shape index (κ2) is 6.81. The molecule has 1 atom stereocenters. The molecule has 0 aromatic carbocycles. The Morgan fingerprint density at radius 3 is 3.06 bits per heavy atom. The minimum absolute atomic E-state index is 0.139. The average Bonchev–Trinajstić information content (AvgIpc) is 2.36. The number of ketones is 1. The Balaban J connectivity index is 2.76. The highest BCUT2D eigenvalue weighted by molar-refractivity contribution is 6.00. The van der Waals surface area contributed by atoms with E-state index < -0.39 is 6.04 Å². The van der Waals surface area contributed by atoms with Gasteiger partial charge in [-0.05, 0) is 18.9 Å². The van der Waals surface area contributed by atoms with Crippen molar-refractivity contribution in [3.63, 3.8) is 0 Å². The molecular weight excluding hydrogens is 216 g/mol. The first-order valence-corrected chi connectivity index (χ1v) is 5.67. The van der Waals surface area contributed by atoms with Gasteiger partial charge in [-0.3, -0.25) is 9.78 Å². The zero-order valence-corrected chi connectivity index (χ0v) is 10.1. The maximum Gasteiger partial charge on any atom is 0.181 e. The largest absolute Gasteiger partial charge is 0.492 e. The molecule has 17 heavy (non-hydrogen) atoms. The van der Waals surface area contributed by atoms with Crippen LogP contribution in [0.4, 0.5) is 0 Å². The summed E-state index contributed by atoms with van der Waals surface area (Å²) in [5.41, 5.74) is 6.20. The van der Waals surface area contributed by atoms with Crippen molar-refractivity contribution in [2.24, 2.45) is 5.73 Å². The molecular formula is C13H18N2O2. The molecule has 1 unspecified atom stereocenters. The number of Topliss-reactive ketones (excluding diaryl/α,β-unsaturated/α-hetero) is 1. The van der Waals surface area contributed by atoms with E-state index in [1.165, 1.54) is 6.20 Å². The molecule has 0 saturated carbocycles. The molecule has 1 aromatic heterocycles. The lowest BCUT2D eigenvalue weighted by molar-refractivity contribution is 0.0961. The second-order valence-corrected chi connectivity index (χ2v) is 3.75. The van der Waals surface area contributed by atoms with E-state index in [0.29, 0.717) is 24.3 Å². The first-order valence-electron chi connectivity index (χ1n) is 5.67. The normalized spacial score (nSPS) is 11.9. The quantitative estimate of drug-likeness (QED) is 0.578. The van der Waals surface area contributed by atoms with E-state index in [1.54, 1.807) is 18.3 Å². The Hall–Kier alpha value is -1.68. The van der Waals surface area contributed by atoms with Crippen LogP contribution >= 0.6 is 0 Å². The number of pyridine rings is 1. The maximum atomic E-state index is 11.9. The van der Waals surface area contributed by atoms with Crippen molar-refractivity contribution in [3.05, 3.63) is 36.7 Å². The van der Waals surface area contributed by atoms with Crippen LogP contribution in [0.2, 0.25) is 0 Å². The number of carbonyl (C=O) groups is 1. The van der Waals surface area contributed by atoms with Gasteiger partial charge in [0.15, 0.2) is 5.78 Å². The molecule has 0 aliphatic carbocycles. The Kier molecular flexibility index (Phi) is 5.36. The van der Waals surface area contributed by atoms with Crippen molar-refractivity contribution < 1.29 is 9.53 Å². The fourth-order valence-electron chi connectivity index (χ4n) is 1.35. The van der Waals surface area contributed by atoms with Gasteiger partial charge in [0, 0.05) is 11.8 Å². The minimum Gasteiger partial charge on any atom is -0.492 e. The van der Waals surface area contributed by atoms with Crippen molar-refractivity contribution in [3.8, 4) is 5.75 Å². The van der Waals surface area contributed by atoms with Gasteiger partial charge in [-0.2, -0.15) is 0 Å². The summed E-state index contributed by atoms with van der Waals surface area (Å²) >= 11 is 0. The summed E-state index contributed by atoms with van der Waals surface area (Å²) < 4.78 is 5.41. The van der Waals surface area contributed by atoms with Gasteiger partial charge in [-0.15, -0.1) is 6.58 Å². The molecule has 4 heteroatoms. The van der Waals surface area contributed by atoms with E-state index in [-0.39, 0.29) is 5.78 Å². The lowest BCUT2D eigenvalue weighted by Gasteiger charge is -2.09. The lowest BCUT2D eigenvalue weighted by atomic mass is 10.0. The number of aromatic nitrogens is 1. The molecule has 2 N–H and O–H groups in total. The van der Waals surface area contributed by atoms with Gasteiger partial charge in [-0.25, -0.2) is 0 Å². The molecule has 0 saturated heterocycles. The molecule has 4 nitrogen and oxygen atoms in total. The van der Waals surface area contributed by atoms with Crippen molar-refractivity contribution in [1.29, 1.82) is 0 Å². The van der Waals surface area contributed by atoms with Crippen LogP contribution in [0.3, 0.4) is 0 Å². The number of nitrogens with zero attached hydrogens (tertiary/aromatic N) is 1. The van der Waals surface area contributed by atoms with Gasteiger partial charge < -0.3 is 10.5 Å². The van der Waals surface area contributed by atoms with E-state index in [2.05, 4.69) is 11.6 Å². The number of rotatable bonds is 7. The van der Waals surface area contributed by atoms with Gasteiger partial charge in [0.2, 0.25) is 0 Å². The summed E-state index contributed by atoms with van der Waals surface area (Å²) in [6.07, 6.45) is 6.09. The van der Waals surface area contributed by atoms with E-state index in [1.807, 2.05) is 6.92 Å². The van der Waals surface area contributed by atoms with Crippen molar-refractivity contribution in [1.82, 2.24) is 4.98 Å². The predicted octanol–water partition coefficient (Wildman–Crippen LogP) is 1.96. The van der Waals surface area contributed by atoms with Crippen molar-refractivity contribution in [2.45, 2.75) is 25.8 Å². The first-order chi connectivity index (χ1) is 8.19. The highest BCUT2D eigenvalue weighted by atomic mass is 16.5. The third kappa shape index (κ3) is 4.00. The fourth-order valence-corrected chi connectivity index (χ4v) is 1.35. The molecule has 1 aromatic rings. The summed E-state index contributed by atoms with van der Waals surface area (Å²) in [5.74, 6) is 0.461. The van der Waals surface area contributed by atoms with Gasteiger partial charge in [0.25, 0.3) is 0 Å². The zero-order chi connectivity index (χ0) is 12.7. The Bertz CT molecular complexity index is 391. The number of ether oxygens (including phenoxy) is 1. The van der Waals surface area contributed by atoms with Crippen molar-refractivity contribution in [2.75, 3.05) is 6.61 Å². The lowest BCUT2D eigenvalue weighted by Crippen LogP contribution is -2.29. The molecule has 0 fully saturated rings. The molecule has 0 amide bonds. The second-order valence-electron chi connectivity index (χ2n) is 3.75. The minimum atomic E-state index is -0.560. The van der Waals surface area contributed by atoms with Gasteiger partial charge in [0.05, 0.1) is 18.8 Å². The molecule has 0 aliphatic rings. The summed E-state index contributed by atoms with van der Waals surface area (Å²) in [4.78, 5) is 15.9. The van der Waals surface area contributed by atoms with Gasteiger partial charge in [-0.1, -0.05) is 13.0 Å². The van der Waals surface area contributed by atoms with E-state index in [4.69, 9.17) is 10.5 Å². The third-order valence-electron chi connectivity index (χ3n) is 2.23. The maximum absolute atomic E-state index is 11.9. The van der Waals surface area contributed by atoms with Gasteiger partial charge >= 0.3 is 0 Å². The average molecular weight is 234 g/mol. The number of carbonyl (C=O) groups excluding carboxylic acids is 1. The van der Waals surface area contributed by atoms with E-state index in [0.717, 1.165) is 6.42 Å². The van der Waals surface area contributed by atoms with Gasteiger partial charge in [0.1, 0.15) is 5.75 Å². The van der Waals surface area contributed by atoms with E-state index in [9.17, 15) is 4.79 Å². The van der Waals surface area contributed by atoms with Crippen LogP contribution in [0.25, 0.3) is 0 Å². The molecule has 1 heterocycles. The van der Waals surface area contributed by atoms with Crippen molar-refractivity contribution >= 4 is 5.78 Å².